The van der Waals surface area contributed by atoms with E-state index in [4.69, 9.17) is 5.73 Å². The Bertz CT molecular complexity index is 720. The zero-order valence-corrected chi connectivity index (χ0v) is 11.0. The Balaban J connectivity index is 1.73. The molecule has 0 unspecified atom stereocenters. The van der Waals surface area contributed by atoms with Gasteiger partial charge >= 0.3 is 0 Å². The van der Waals surface area contributed by atoms with Crippen molar-refractivity contribution in [2.45, 2.75) is 25.3 Å². The molecule has 1 saturated carbocycles. The Kier molecular flexibility index (Phi) is 2.39. The van der Waals surface area contributed by atoms with Gasteiger partial charge < -0.3 is 10.3 Å². The highest BCUT2D eigenvalue weighted by atomic mass is 32.1. The molecular formula is C11H13N7S. The van der Waals surface area contributed by atoms with Gasteiger partial charge in [-0.1, -0.05) is 11.3 Å². The van der Waals surface area contributed by atoms with Gasteiger partial charge in [-0.25, -0.2) is 4.98 Å². The van der Waals surface area contributed by atoms with Crippen molar-refractivity contribution >= 4 is 16.3 Å². The van der Waals surface area contributed by atoms with E-state index in [-0.39, 0.29) is 0 Å². The predicted molar refractivity (Wildman–Crippen MR) is 70.9 cm³/mol. The van der Waals surface area contributed by atoms with E-state index in [0.29, 0.717) is 12.5 Å². The van der Waals surface area contributed by atoms with E-state index in [1.54, 1.807) is 6.33 Å². The Labute approximate surface area is 113 Å². The van der Waals surface area contributed by atoms with Crippen LogP contribution in [0.4, 0.5) is 0 Å². The van der Waals surface area contributed by atoms with Crippen LogP contribution < -0.4 is 5.73 Å². The molecule has 0 radical (unpaired) electrons. The van der Waals surface area contributed by atoms with Crippen LogP contribution in [-0.2, 0) is 6.54 Å². The van der Waals surface area contributed by atoms with Crippen molar-refractivity contribution in [3.05, 3.63) is 18.3 Å². The Morgan fingerprint density at radius 2 is 2.26 bits per heavy atom. The third-order valence-electron chi connectivity index (χ3n) is 3.20. The molecule has 0 aliphatic heterocycles. The van der Waals surface area contributed by atoms with Gasteiger partial charge in [-0.15, -0.1) is 10.2 Å². The number of aromatic nitrogens is 6. The number of imidazole rings is 1. The largest absolute Gasteiger partial charge is 0.335 e. The summed E-state index contributed by atoms with van der Waals surface area (Å²) in [5, 5.41) is 13.8. The Hall–Kier alpha value is -1.80. The summed E-state index contributed by atoms with van der Waals surface area (Å²) in [6.45, 7) is 1.37. The third kappa shape index (κ3) is 1.83. The minimum atomic E-state index is 0.541. The number of nitrogens with two attached hydrogens (primary N) is 1. The van der Waals surface area contributed by atoms with E-state index in [1.165, 1.54) is 24.2 Å². The molecule has 0 bridgehead atoms. The lowest BCUT2D eigenvalue weighted by Crippen LogP contribution is -2.07. The first kappa shape index (κ1) is 11.1. The van der Waals surface area contributed by atoms with Gasteiger partial charge in [-0.2, -0.15) is 9.61 Å². The van der Waals surface area contributed by atoms with Crippen LogP contribution in [0.2, 0.25) is 0 Å². The molecule has 3 heterocycles. The summed E-state index contributed by atoms with van der Waals surface area (Å²) >= 11 is 1.52. The maximum absolute atomic E-state index is 5.53. The Morgan fingerprint density at radius 3 is 3.05 bits per heavy atom. The highest BCUT2D eigenvalue weighted by Gasteiger charge is 2.30. The molecule has 4 rings (SSSR count). The van der Waals surface area contributed by atoms with Crippen LogP contribution >= 0.6 is 11.3 Å². The van der Waals surface area contributed by atoms with E-state index < -0.39 is 0 Å². The fourth-order valence-electron chi connectivity index (χ4n) is 2.07. The lowest BCUT2D eigenvalue weighted by molar-refractivity contribution is 0.708. The molecule has 1 aliphatic rings. The molecule has 2 N–H and O–H groups in total. The maximum Gasteiger partial charge on any atom is 0.235 e. The van der Waals surface area contributed by atoms with E-state index in [0.717, 1.165) is 28.0 Å². The van der Waals surface area contributed by atoms with Gasteiger partial charge in [0.25, 0.3) is 0 Å². The average Bonchev–Trinajstić information content (AvgIpc) is 2.85. The predicted octanol–water partition coefficient (Wildman–Crippen LogP) is 0.885. The van der Waals surface area contributed by atoms with E-state index >= 15 is 0 Å². The third-order valence-corrected chi connectivity index (χ3v) is 4.12. The zero-order valence-electron chi connectivity index (χ0n) is 10.2. The van der Waals surface area contributed by atoms with Crippen molar-refractivity contribution in [2.75, 3.05) is 6.54 Å². The number of hydrogen-bond donors (Lipinski definition) is 1. The van der Waals surface area contributed by atoms with Gasteiger partial charge in [0, 0.05) is 25.2 Å². The van der Waals surface area contributed by atoms with E-state index in [9.17, 15) is 0 Å². The molecule has 7 nitrogen and oxygen atoms in total. The fourth-order valence-corrected chi connectivity index (χ4v) is 2.88. The number of fused-ring (bicyclic) bond motifs is 1. The molecule has 0 amide bonds. The topological polar surface area (TPSA) is 86.9 Å². The molecule has 3 aromatic heterocycles. The fraction of sp³-hybridized carbons (Fsp3) is 0.455. The van der Waals surface area contributed by atoms with Gasteiger partial charge in [0.05, 0.1) is 6.33 Å². The smallest absolute Gasteiger partial charge is 0.235 e. The second-order valence-electron chi connectivity index (χ2n) is 4.72. The molecule has 98 valence electrons. The van der Waals surface area contributed by atoms with Crippen molar-refractivity contribution in [3.63, 3.8) is 0 Å². The quantitative estimate of drug-likeness (QED) is 0.764. The number of rotatable bonds is 4. The van der Waals surface area contributed by atoms with Crippen molar-refractivity contribution in [2.24, 2.45) is 5.73 Å². The zero-order chi connectivity index (χ0) is 12.8. The van der Waals surface area contributed by atoms with Gasteiger partial charge in [0.1, 0.15) is 5.69 Å². The lowest BCUT2D eigenvalue weighted by Gasteiger charge is -1.94. The molecule has 1 fully saturated rings. The van der Waals surface area contributed by atoms with Crippen LogP contribution in [0.25, 0.3) is 15.7 Å². The van der Waals surface area contributed by atoms with Crippen LogP contribution in [-0.4, -0.2) is 35.9 Å². The van der Waals surface area contributed by atoms with E-state index in [1.807, 2.05) is 15.3 Å². The lowest BCUT2D eigenvalue weighted by atomic mass is 10.4. The van der Waals surface area contributed by atoms with Crippen molar-refractivity contribution in [3.8, 4) is 10.7 Å². The molecule has 0 spiro atoms. The summed E-state index contributed by atoms with van der Waals surface area (Å²) in [4.78, 5) is 5.20. The van der Waals surface area contributed by atoms with E-state index in [2.05, 4.69) is 20.3 Å². The van der Waals surface area contributed by atoms with Crippen LogP contribution in [0, 0.1) is 0 Å². The summed E-state index contributed by atoms with van der Waals surface area (Å²) in [5.41, 5.74) is 6.40. The molecule has 0 aromatic carbocycles. The second-order valence-corrected chi connectivity index (χ2v) is 5.68. The minimum absolute atomic E-state index is 0.541. The second kappa shape index (κ2) is 4.10. The van der Waals surface area contributed by atoms with Crippen LogP contribution in [0.1, 0.15) is 24.6 Å². The molecular weight excluding hydrogens is 262 g/mol. The molecule has 19 heavy (non-hydrogen) atoms. The summed E-state index contributed by atoms with van der Waals surface area (Å²) in [7, 11) is 0. The normalized spacial score (nSPS) is 15.4. The first-order chi connectivity index (χ1) is 9.35. The van der Waals surface area contributed by atoms with Crippen LogP contribution in [0.5, 0.6) is 0 Å². The summed E-state index contributed by atoms with van der Waals surface area (Å²) in [5.74, 6) is 1.53. The van der Waals surface area contributed by atoms with Gasteiger partial charge in [-0.3, -0.25) is 0 Å². The van der Waals surface area contributed by atoms with Crippen molar-refractivity contribution in [1.82, 2.24) is 29.4 Å². The van der Waals surface area contributed by atoms with Crippen LogP contribution in [0.15, 0.2) is 12.5 Å². The standard InChI is InChI=1S/C11H13N7S/c12-3-4-17-5-8(13-6-17)10-16-18-9(7-1-2-7)14-15-11(18)19-10/h5-7H,1-4,12H2. The highest BCUT2D eigenvalue weighted by molar-refractivity contribution is 7.19. The van der Waals surface area contributed by atoms with Crippen LogP contribution in [0.3, 0.4) is 0 Å². The first-order valence-corrected chi connectivity index (χ1v) is 7.11. The Morgan fingerprint density at radius 1 is 1.37 bits per heavy atom. The minimum Gasteiger partial charge on any atom is -0.335 e. The summed E-state index contributed by atoms with van der Waals surface area (Å²) in [6, 6.07) is 0. The molecule has 8 heteroatoms. The summed E-state index contributed by atoms with van der Waals surface area (Å²) < 4.78 is 3.83. The SMILES string of the molecule is NCCn1cnc(-c2nn3c(C4CC4)nnc3s2)c1. The highest BCUT2D eigenvalue weighted by Crippen LogP contribution is 2.39. The molecule has 0 saturated heterocycles. The first-order valence-electron chi connectivity index (χ1n) is 6.29. The van der Waals surface area contributed by atoms with Gasteiger partial charge in [0.2, 0.25) is 4.96 Å². The molecule has 1 aliphatic carbocycles. The summed E-state index contributed by atoms with van der Waals surface area (Å²) in [6.07, 6.45) is 6.14. The van der Waals surface area contributed by atoms with Gasteiger partial charge in [0.15, 0.2) is 10.8 Å². The van der Waals surface area contributed by atoms with Gasteiger partial charge in [-0.05, 0) is 12.8 Å². The number of hydrogen-bond acceptors (Lipinski definition) is 6. The number of nitrogens with zero attached hydrogens (tertiary/aromatic N) is 6. The molecule has 3 aromatic rings. The molecule has 0 atom stereocenters. The van der Waals surface area contributed by atoms with Crippen molar-refractivity contribution in [1.29, 1.82) is 0 Å². The van der Waals surface area contributed by atoms with Crippen molar-refractivity contribution < 1.29 is 0 Å². The maximum atomic E-state index is 5.53. The monoisotopic (exact) mass is 275 g/mol. The average molecular weight is 275 g/mol.